The number of carbonyl (C=O) groups is 1. The number of para-hydroxylation sites is 2. The van der Waals surface area contributed by atoms with Gasteiger partial charge in [-0.15, -0.1) is 0 Å². The number of hydrogen-bond acceptors (Lipinski definition) is 3. The molecule has 0 radical (unpaired) electrons. The van der Waals surface area contributed by atoms with Crippen LogP contribution in [0.3, 0.4) is 0 Å². The van der Waals surface area contributed by atoms with Crippen molar-refractivity contribution < 1.29 is 9.53 Å². The van der Waals surface area contributed by atoms with E-state index in [1.54, 1.807) is 19.5 Å². The zero-order valence-electron chi connectivity index (χ0n) is 14.9. The number of methoxy groups -OCH3 is 1. The summed E-state index contributed by atoms with van der Waals surface area (Å²) in [5.74, 6) is -0.145. The molecule has 1 N–H and O–H groups in total. The Morgan fingerprint density at radius 2 is 1.85 bits per heavy atom. The van der Waals surface area contributed by atoms with Gasteiger partial charge >= 0.3 is 0 Å². The van der Waals surface area contributed by atoms with Crippen molar-refractivity contribution in [2.24, 2.45) is 0 Å². The van der Waals surface area contributed by atoms with Gasteiger partial charge in [-0.05, 0) is 54.1 Å². The highest BCUT2D eigenvalue weighted by atomic mass is 16.5. The molecule has 134 valence electrons. The van der Waals surface area contributed by atoms with E-state index in [0.29, 0.717) is 12.2 Å². The third-order valence-corrected chi connectivity index (χ3v) is 4.36. The molecule has 4 aromatic rings. The van der Waals surface area contributed by atoms with E-state index in [1.165, 1.54) is 0 Å². The Morgan fingerprint density at radius 1 is 1.04 bits per heavy atom. The molecule has 0 atom stereocenters. The first-order valence-electron chi connectivity index (χ1n) is 8.66. The zero-order chi connectivity index (χ0) is 18.6. The summed E-state index contributed by atoms with van der Waals surface area (Å²) in [6.07, 6.45) is 1.81. The third kappa shape index (κ3) is 3.59. The first-order chi connectivity index (χ1) is 13.2. The standard InChI is InChI=1S/C22H19N3O2/c1-27-14-16-5-4-6-17(13-16)22(26)24-18-9-11-19(12-10-18)25-15-23-20-7-2-3-8-21(20)25/h2-13,15H,14H2,1H3,(H,24,26). The Hall–Kier alpha value is -3.44. The average Bonchev–Trinajstić information content (AvgIpc) is 3.13. The molecule has 0 fully saturated rings. The molecule has 1 amide bonds. The second-order valence-corrected chi connectivity index (χ2v) is 6.24. The van der Waals surface area contributed by atoms with Gasteiger partial charge in [-0.2, -0.15) is 0 Å². The summed E-state index contributed by atoms with van der Waals surface area (Å²) in [7, 11) is 1.64. The maximum atomic E-state index is 12.5. The first-order valence-corrected chi connectivity index (χ1v) is 8.66. The normalized spacial score (nSPS) is 10.9. The zero-order valence-corrected chi connectivity index (χ0v) is 14.9. The highest BCUT2D eigenvalue weighted by molar-refractivity contribution is 6.04. The molecule has 5 nitrogen and oxygen atoms in total. The van der Waals surface area contributed by atoms with Crippen LogP contribution in [0, 0.1) is 0 Å². The summed E-state index contributed by atoms with van der Waals surface area (Å²) >= 11 is 0. The number of carbonyl (C=O) groups excluding carboxylic acids is 1. The predicted octanol–water partition coefficient (Wildman–Crippen LogP) is 4.42. The summed E-state index contributed by atoms with van der Waals surface area (Å²) in [4.78, 5) is 16.9. The van der Waals surface area contributed by atoms with Crippen LogP contribution in [-0.4, -0.2) is 22.6 Å². The van der Waals surface area contributed by atoms with Crippen LogP contribution in [0.15, 0.2) is 79.1 Å². The second-order valence-electron chi connectivity index (χ2n) is 6.24. The number of aromatic nitrogens is 2. The molecule has 1 heterocycles. The van der Waals surface area contributed by atoms with Crippen molar-refractivity contribution in [3.63, 3.8) is 0 Å². The van der Waals surface area contributed by atoms with Crippen LogP contribution < -0.4 is 5.32 Å². The van der Waals surface area contributed by atoms with Crippen LogP contribution >= 0.6 is 0 Å². The fraction of sp³-hybridized carbons (Fsp3) is 0.0909. The number of rotatable bonds is 5. The van der Waals surface area contributed by atoms with Gasteiger partial charge in [0, 0.05) is 24.0 Å². The van der Waals surface area contributed by atoms with Crippen LogP contribution in [0.25, 0.3) is 16.7 Å². The van der Waals surface area contributed by atoms with Gasteiger partial charge in [-0.1, -0.05) is 24.3 Å². The van der Waals surface area contributed by atoms with E-state index in [9.17, 15) is 4.79 Å². The number of benzene rings is 3. The average molecular weight is 357 g/mol. The highest BCUT2D eigenvalue weighted by Gasteiger charge is 2.08. The Balaban J connectivity index is 1.52. The molecule has 0 aliphatic carbocycles. The Kier molecular flexibility index (Phi) is 4.68. The molecule has 0 saturated heterocycles. The maximum absolute atomic E-state index is 12.5. The molecular formula is C22H19N3O2. The van der Waals surface area contributed by atoms with Crippen molar-refractivity contribution in [1.29, 1.82) is 0 Å². The summed E-state index contributed by atoms with van der Waals surface area (Å²) in [6, 6.07) is 23.1. The Morgan fingerprint density at radius 3 is 2.67 bits per heavy atom. The Labute approximate surface area is 157 Å². The van der Waals surface area contributed by atoms with Crippen molar-refractivity contribution in [3.8, 4) is 5.69 Å². The van der Waals surface area contributed by atoms with Gasteiger partial charge in [0.05, 0.1) is 17.6 Å². The molecule has 0 saturated carbocycles. The van der Waals surface area contributed by atoms with Gasteiger partial charge in [0.15, 0.2) is 0 Å². The lowest BCUT2D eigenvalue weighted by molar-refractivity contribution is 0.102. The smallest absolute Gasteiger partial charge is 0.255 e. The number of fused-ring (bicyclic) bond motifs is 1. The topological polar surface area (TPSA) is 56.1 Å². The molecule has 0 unspecified atom stereocenters. The lowest BCUT2D eigenvalue weighted by atomic mass is 10.1. The number of hydrogen-bond donors (Lipinski definition) is 1. The van der Waals surface area contributed by atoms with Crippen LogP contribution in [-0.2, 0) is 11.3 Å². The van der Waals surface area contributed by atoms with Gasteiger partial charge in [-0.25, -0.2) is 4.98 Å². The second kappa shape index (κ2) is 7.43. The SMILES string of the molecule is COCc1cccc(C(=O)Nc2ccc(-n3cnc4ccccc43)cc2)c1. The quantitative estimate of drug-likeness (QED) is 0.575. The minimum Gasteiger partial charge on any atom is -0.380 e. The largest absolute Gasteiger partial charge is 0.380 e. The first kappa shape index (κ1) is 17.0. The number of anilines is 1. The van der Waals surface area contributed by atoms with Crippen LogP contribution in [0.5, 0.6) is 0 Å². The van der Waals surface area contributed by atoms with E-state index >= 15 is 0 Å². The fourth-order valence-electron chi connectivity index (χ4n) is 3.04. The number of nitrogens with one attached hydrogen (secondary N) is 1. The van der Waals surface area contributed by atoms with E-state index in [2.05, 4.69) is 10.3 Å². The van der Waals surface area contributed by atoms with E-state index in [-0.39, 0.29) is 5.91 Å². The predicted molar refractivity (Wildman–Crippen MR) is 106 cm³/mol. The van der Waals surface area contributed by atoms with Crippen molar-refractivity contribution in [2.45, 2.75) is 6.61 Å². The third-order valence-electron chi connectivity index (χ3n) is 4.36. The number of ether oxygens (including phenoxy) is 1. The molecule has 1 aromatic heterocycles. The Bertz CT molecular complexity index is 1080. The molecule has 0 aliphatic heterocycles. The van der Waals surface area contributed by atoms with Gasteiger partial charge in [0.1, 0.15) is 6.33 Å². The summed E-state index contributed by atoms with van der Waals surface area (Å²) < 4.78 is 7.14. The van der Waals surface area contributed by atoms with Crippen LogP contribution in [0.1, 0.15) is 15.9 Å². The molecule has 4 rings (SSSR count). The number of imidazole rings is 1. The van der Waals surface area contributed by atoms with Crippen molar-refractivity contribution in [2.75, 3.05) is 12.4 Å². The van der Waals surface area contributed by atoms with Gasteiger partial charge in [-0.3, -0.25) is 9.36 Å². The van der Waals surface area contributed by atoms with E-state index in [1.807, 2.05) is 71.3 Å². The van der Waals surface area contributed by atoms with E-state index < -0.39 is 0 Å². The van der Waals surface area contributed by atoms with E-state index in [0.717, 1.165) is 28.0 Å². The van der Waals surface area contributed by atoms with Gasteiger partial charge in [0.25, 0.3) is 5.91 Å². The van der Waals surface area contributed by atoms with Crippen LogP contribution in [0.4, 0.5) is 5.69 Å². The summed E-state index contributed by atoms with van der Waals surface area (Å²) in [5.41, 5.74) is 5.30. The monoisotopic (exact) mass is 357 g/mol. The lowest BCUT2D eigenvalue weighted by Gasteiger charge is -2.09. The van der Waals surface area contributed by atoms with Crippen molar-refractivity contribution >= 4 is 22.6 Å². The number of nitrogens with zero attached hydrogens (tertiary/aromatic N) is 2. The van der Waals surface area contributed by atoms with Gasteiger partial charge in [0.2, 0.25) is 0 Å². The lowest BCUT2D eigenvalue weighted by Crippen LogP contribution is -2.12. The summed E-state index contributed by atoms with van der Waals surface area (Å²) in [5, 5.41) is 2.93. The van der Waals surface area contributed by atoms with E-state index in [4.69, 9.17) is 4.74 Å². The van der Waals surface area contributed by atoms with Crippen molar-refractivity contribution in [3.05, 3.63) is 90.3 Å². The minimum atomic E-state index is -0.145. The summed E-state index contributed by atoms with van der Waals surface area (Å²) in [6.45, 7) is 0.481. The van der Waals surface area contributed by atoms with Gasteiger partial charge < -0.3 is 10.1 Å². The molecule has 0 spiro atoms. The van der Waals surface area contributed by atoms with Crippen LogP contribution in [0.2, 0.25) is 0 Å². The highest BCUT2D eigenvalue weighted by Crippen LogP contribution is 2.20. The maximum Gasteiger partial charge on any atom is 0.255 e. The molecule has 5 heteroatoms. The van der Waals surface area contributed by atoms with Crippen molar-refractivity contribution in [1.82, 2.24) is 9.55 Å². The molecule has 27 heavy (non-hydrogen) atoms. The molecule has 3 aromatic carbocycles. The molecule has 0 bridgehead atoms. The molecular weight excluding hydrogens is 338 g/mol. The minimum absolute atomic E-state index is 0.145. The number of amides is 1. The fourth-order valence-corrected chi connectivity index (χ4v) is 3.04. The molecule has 0 aliphatic rings.